The van der Waals surface area contributed by atoms with E-state index in [4.69, 9.17) is 9.47 Å². The lowest BCUT2D eigenvalue weighted by Gasteiger charge is -2.21. The molecule has 0 spiro atoms. The summed E-state index contributed by atoms with van der Waals surface area (Å²) in [5.41, 5.74) is 2.38. The van der Waals surface area contributed by atoms with Crippen LogP contribution in [0.25, 0.3) is 0 Å². The number of esters is 2. The fraction of sp³-hybridized carbons (Fsp3) is 0.435. The van der Waals surface area contributed by atoms with Crippen LogP contribution in [0.4, 0.5) is 0 Å². The van der Waals surface area contributed by atoms with Gasteiger partial charge in [0.1, 0.15) is 0 Å². The highest BCUT2D eigenvalue weighted by atomic mass is 16.5. The zero-order chi connectivity index (χ0) is 21.6. The van der Waals surface area contributed by atoms with E-state index in [1.807, 2.05) is 44.2 Å². The number of aryl methyl sites for hydroxylation is 2. The number of H-pyrrole nitrogens is 1. The van der Waals surface area contributed by atoms with Crippen molar-refractivity contribution in [3.05, 3.63) is 58.4 Å². The van der Waals surface area contributed by atoms with Gasteiger partial charge in [-0.05, 0) is 32.3 Å². The van der Waals surface area contributed by atoms with Crippen LogP contribution in [0.15, 0.2) is 30.3 Å². The number of aromatic nitrogens is 1. The van der Waals surface area contributed by atoms with Crippen molar-refractivity contribution in [2.45, 2.75) is 47.0 Å². The Hall–Kier alpha value is -2.89. The summed E-state index contributed by atoms with van der Waals surface area (Å²) in [5.74, 6) is -1.83. The molecule has 1 N–H and O–H groups in total. The van der Waals surface area contributed by atoms with Crippen molar-refractivity contribution in [2.24, 2.45) is 5.92 Å². The number of nitrogens with one attached hydrogen (secondary N) is 1. The van der Waals surface area contributed by atoms with Crippen LogP contribution in [0, 0.1) is 19.8 Å². The van der Waals surface area contributed by atoms with Crippen LogP contribution >= 0.6 is 0 Å². The minimum atomic E-state index is -0.564. The Kier molecular flexibility index (Phi) is 7.76. The summed E-state index contributed by atoms with van der Waals surface area (Å²) in [7, 11) is 0. The number of ether oxygens (including phenoxy) is 2. The van der Waals surface area contributed by atoms with Crippen molar-refractivity contribution in [1.82, 2.24) is 4.98 Å². The first kappa shape index (κ1) is 22.4. The first-order chi connectivity index (χ1) is 13.8. The molecular formula is C23H29NO5. The molecule has 0 aliphatic carbocycles. The minimum Gasteiger partial charge on any atom is -0.462 e. The average molecular weight is 399 g/mol. The third-order valence-corrected chi connectivity index (χ3v) is 5.10. The molecular weight excluding hydrogens is 370 g/mol. The van der Waals surface area contributed by atoms with Gasteiger partial charge in [0, 0.05) is 11.4 Å². The molecule has 0 aliphatic rings. The molecule has 156 valence electrons. The SMILES string of the molecule is CCOC(=O)c1c(C)[nH]c(C)c1C(=O)COC(=O)[C@H](c1ccccc1)[C@H](C)CC. The molecule has 1 aromatic carbocycles. The largest absolute Gasteiger partial charge is 0.462 e. The van der Waals surface area contributed by atoms with Crippen molar-refractivity contribution in [2.75, 3.05) is 13.2 Å². The highest BCUT2D eigenvalue weighted by Gasteiger charge is 2.30. The van der Waals surface area contributed by atoms with Gasteiger partial charge >= 0.3 is 11.9 Å². The second kappa shape index (κ2) is 10.0. The predicted molar refractivity (Wildman–Crippen MR) is 110 cm³/mol. The molecule has 0 bridgehead atoms. The molecule has 0 saturated carbocycles. The van der Waals surface area contributed by atoms with E-state index in [-0.39, 0.29) is 23.7 Å². The average Bonchev–Trinajstić information content (AvgIpc) is 3.01. The second-order valence-corrected chi connectivity index (χ2v) is 7.15. The molecule has 0 saturated heterocycles. The fourth-order valence-electron chi connectivity index (χ4n) is 3.48. The van der Waals surface area contributed by atoms with E-state index >= 15 is 0 Å². The monoisotopic (exact) mass is 399 g/mol. The molecule has 0 radical (unpaired) electrons. The van der Waals surface area contributed by atoms with Crippen LogP contribution in [0.1, 0.15) is 70.8 Å². The van der Waals surface area contributed by atoms with E-state index in [2.05, 4.69) is 4.98 Å². The predicted octanol–water partition coefficient (Wildman–Crippen LogP) is 4.36. The van der Waals surface area contributed by atoms with E-state index in [9.17, 15) is 14.4 Å². The van der Waals surface area contributed by atoms with Gasteiger partial charge in [-0.15, -0.1) is 0 Å². The molecule has 0 fully saturated rings. The molecule has 2 rings (SSSR count). The molecule has 0 aliphatic heterocycles. The lowest BCUT2D eigenvalue weighted by Crippen LogP contribution is -2.25. The van der Waals surface area contributed by atoms with E-state index in [0.717, 1.165) is 12.0 Å². The van der Waals surface area contributed by atoms with Crippen LogP contribution in [-0.2, 0) is 14.3 Å². The Morgan fingerprint density at radius 3 is 2.17 bits per heavy atom. The molecule has 2 aromatic rings. The van der Waals surface area contributed by atoms with Crippen LogP contribution < -0.4 is 0 Å². The van der Waals surface area contributed by atoms with Gasteiger partial charge in [-0.25, -0.2) is 4.79 Å². The molecule has 0 unspecified atom stereocenters. The highest BCUT2D eigenvalue weighted by molar-refractivity contribution is 6.09. The maximum Gasteiger partial charge on any atom is 0.340 e. The standard InChI is InChI=1S/C23H29NO5/c1-6-14(3)19(17-11-9-8-10-12-17)22(26)29-13-18(25)20-15(4)24-16(5)21(20)23(27)28-7-2/h8-12,14,19,24H,6-7,13H2,1-5H3/t14-,19+/m1/s1. The molecule has 1 aromatic heterocycles. The zero-order valence-electron chi connectivity index (χ0n) is 17.7. The van der Waals surface area contributed by atoms with E-state index in [1.165, 1.54) is 0 Å². The smallest absolute Gasteiger partial charge is 0.340 e. The van der Waals surface area contributed by atoms with Gasteiger partial charge in [0.05, 0.1) is 23.7 Å². The number of rotatable bonds is 9. The van der Waals surface area contributed by atoms with Crippen molar-refractivity contribution in [3.8, 4) is 0 Å². The normalized spacial score (nSPS) is 12.9. The minimum absolute atomic E-state index is 0.0614. The van der Waals surface area contributed by atoms with Crippen LogP contribution in [0.2, 0.25) is 0 Å². The van der Waals surface area contributed by atoms with Crippen molar-refractivity contribution in [3.63, 3.8) is 0 Å². The maximum absolute atomic E-state index is 12.8. The highest BCUT2D eigenvalue weighted by Crippen LogP contribution is 2.28. The molecule has 1 heterocycles. The molecule has 6 heteroatoms. The number of benzene rings is 1. The number of Topliss-reactive ketones (excluding diaryl/α,β-unsaturated/α-hetero) is 1. The Morgan fingerprint density at radius 1 is 0.966 bits per heavy atom. The second-order valence-electron chi connectivity index (χ2n) is 7.15. The lowest BCUT2D eigenvalue weighted by molar-refractivity contribution is -0.145. The quantitative estimate of drug-likeness (QED) is 0.500. The van der Waals surface area contributed by atoms with Gasteiger partial charge in [0.15, 0.2) is 6.61 Å². The third-order valence-electron chi connectivity index (χ3n) is 5.10. The molecule has 6 nitrogen and oxygen atoms in total. The Labute approximate surface area is 171 Å². The Morgan fingerprint density at radius 2 is 1.59 bits per heavy atom. The number of ketones is 1. The summed E-state index contributed by atoms with van der Waals surface area (Å²) in [5, 5.41) is 0. The fourth-order valence-corrected chi connectivity index (χ4v) is 3.48. The summed E-state index contributed by atoms with van der Waals surface area (Å²) < 4.78 is 10.5. The van der Waals surface area contributed by atoms with E-state index in [0.29, 0.717) is 11.4 Å². The van der Waals surface area contributed by atoms with E-state index in [1.54, 1.807) is 20.8 Å². The van der Waals surface area contributed by atoms with Gasteiger partial charge in [-0.3, -0.25) is 9.59 Å². The number of carbonyl (C=O) groups excluding carboxylic acids is 3. The van der Waals surface area contributed by atoms with Crippen LogP contribution in [-0.4, -0.2) is 35.9 Å². The molecule has 2 atom stereocenters. The van der Waals surface area contributed by atoms with Crippen molar-refractivity contribution < 1.29 is 23.9 Å². The van der Waals surface area contributed by atoms with Gasteiger partial charge in [-0.2, -0.15) is 0 Å². The number of hydrogen-bond donors (Lipinski definition) is 1. The van der Waals surface area contributed by atoms with Crippen molar-refractivity contribution >= 4 is 17.7 Å². The topological polar surface area (TPSA) is 85.5 Å². The third kappa shape index (κ3) is 5.13. The Balaban J connectivity index is 2.20. The van der Waals surface area contributed by atoms with Crippen LogP contribution in [0.3, 0.4) is 0 Å². The van der Waals surface area contributed by atoms with Crippen LogP contribution in [0.5, 0.6) is 0 Å². The van der Waals surface area contributed by atoms with Crippen molar-refractivity contribution in [1.29, 1.82) is 0 Å². The Bertz CT molecular complexity index is 869. The summed E-state index contributed by atoms with van der Waals surface area (Å²) in [6.45, 7) is 8.89. The summed E-state index contributed by atoms with van der Waals surface area (Å²) >= 11 is 0. The summed E-state index contributed by atoms with van der Waals surface area (Å²) in [4.78, 5) is 40.9. The van der Waals surface area contributed by atoms with E-state index < -0.39 is 30.2 Å². The number of carbonyl (C=O) groups is 3. The summed E-state index contributed by atoms with van der Waals surface area (Å²) in [6.07, 6.45) is 0.797. The summed E-state index contributed by atoms with van der Waals surface area (Å²) in [6, 6.07) is 9.41. The number of hydrogen-bond acceptors (Lipinski definition) is 5. The van der Waals surface area contributed by atoms with Gasteiger partial charge < -0.3 is 14.5 Å². The molecule has 0 amide bonds. The zero-order valence-corrected chi connectivity index (χ0v) is 17.7. The molecule has 29 heavy (non-hydrogen) atoms. The number of aromatic amines is 1. The van der Waals surface area contributed by atoms with Gasteiger partial charge in [0.25, 0.3) is 0 Å². The first-order valence-electron chi connectivity index (χ1n) is 9.92. The van der Waals surface area contributed by atoms with Gasteiger partial charge in [0.2, 0.25) is 5.78 Å². The van der Waals surface area contributed by atoms with Gasteiger partial charge in [-0.1, -0.05) is 50.6 Å². The maximum atomic E-state index is 12.8. The first-order valence-corrected chi connectivity index (χ1v) is 9.92. The lowest BCUT2D eigenvalue weighted by atomic mass is 9.85.